The molecular weight excluding hydrogens is 367 g/mol. The molecule has 0 spiro atoms. The first-order chi connectivity index (χ1) is 14.3. The predicted molar refractivity (Wildman–Crippen MR) is 112 cm³/mol. The minimum Gasteiger partial charge on any atom is -0.457 e. The van der Waals surface area contributed by atoms with E-state index in [0.717, 1.165) is 17.2 Å². The Hall–Kier alpha value is -3.93. The van der Waals surface area contributed by atoms with Crippen LogP contribution in [0.3, 0.4) is 0 Å². The molecule has 3 aromatic carbocycles. The van der Waals surface area contributed by atoms with Crippen molar-refractivity contribution < 1.29 is 9.13 Å². The molecule has 0 aliphatic heterocycles. The van der Waals surface area contributed by atoms with Crippen LogP contribution in [-0.4, -0.2) is 9.97 Å². The Morgan fingerprint density at radius 3 is 2.31 bits per heavy atom. The number of para-hydroxylation sites is 1. The topological polar surface area (TPSA) is 59.1 Å². The number of halogens is 1. The van der Waals surface area contributed by atoms with Crippen molar-refractivity contribution in [2.75, 3.05) is 10.6 Å². The van der Waals surface area contributed by atoms with Gasteiger partial charge in [-0.1, -0.05) is 36.4 Å². The smallest absolute Gasteiger partial charge is 0.224 e. The largest absolute Gasteiger partial charge is 0.457 e. The molecule has 0 fully saturated rings. The second-order valence-electron chi connectivity index (χ2n) is 6.27. The fraction of sp³-hybridized carbons (Fsp3) is 0.0435. The van der Waals surface area contributed by atoms with Crippen molar-refractivity contribution >= 4 is 17.5 Å². The number of benzene rings is 3. The maximum absolute atomic E-state index is 13.7. The molecule has 1 heterocycles. The fourth-order valence-electron chi connectivity index (χ4n) is 2.71. The molecule has 0 unspecified atom stereocenters. The first kappa shape index (κ1) is 18.4. The second-order valence-corrected chi connectivity index (χ2v) is 6.27. The average molecular weight is 386 g/mol. The van der Waals surface area contributed by atoms with Crippen LogP contribution in [0.25, 0.3) is 0 Å². The normalized spacial score (nSPS) is 10.4. The summed E-state index contributed by atoms with van der Waals surface area (Å²) in [4.78, 5) is 8.60. The molecule has 144 valence electrons. The summed E-state index contributed by atoms with van der Waals surface area (Å²) in [6, 6.07) is 25.6. The summed E-state index contributed by atoms with van der Waals surface area (Å²) in [5, 5.41) is 6.27. The van der Waals surface area contributed by atoms with Gasteiger partial charge in [-0.05, 0) is 48.5 Å². The second kappa shape index (κ2) is 8.84. The Bertz CT molecular complexity index is 1070. The first-order valence-corrected chi connectivity index (χ1v) is 9.16. The van der Waals surface area contributed by atoms with E-state index in [1.807, 2.05) is 54.6 Å². The Kier molecular flexibility index (Phi) is 5.62. The lowest BCUT2D eigenvalue weighted by molar-refractivity contribution is 0.483. The number of hydrogen-bond acceptors (Lipinski definition) is 5. The van der Waals surface area contributed by atoms with E-state index in [-0.39, 0.29) is 5.82 Å². The van der Waals surface area contributed by atoms with Crippen LogP contribution in [0.4, 0.5) is 21.8 Å². The standard InChI is InChI=1S/C23H19FN4O/c24-21-9-5-4-6-17(21)16-26-23-25-15-14-22(28-23)27-18-10-12-20(13-11-18)29-19-7-2-1-3-8-19/h1-15H,16H2,(H2,25,26,27,28). The number of anilines is 3. The van der Waals surface area contributed by atoms with Crippen LogP contribution < -0.4 is 15.4 Å². The van der Waals surface area contributed by atoms with Crippen LogP contribution in [-0.2, 0) is 6.54 Å². The average Bonchev–Trinajstić information content (AvgIpc) is 2.76. The van der Waals surface area contributed by atoms with Crippen molar-refractivity contribution in [3.05, 3.63) is 103 Å². The highest BCUT2D eigenvalue weighted by molar-refractivity contribution is 5.58. The molecule has 5 nitrogen and oxygen atoms in total. The number of nitrogens with one attached hydrogen (secondary N) is 2. The van der Waals surface area contributed by atoms with Gasteiger partial charge in [0.15, 0.2) is 0 Å². The molecule has 6 heteroatoms. The van der Waals surface area contributed by atoms with Gasteiger partial charge in [-0.25, -0.2) is 9.37 Å². The summed E-state index contributed by atoms with van der Waals surface area (Å²) in [5.41, 5.74) is 1.42. The molecule has 0 radical (unpaired) electrons. The third-order valence-electron chi connectivity index (χ3n) is 4.16. The van der Waals surface area contributed by atoms with Crippen LogP contribution in [0.1, 0.15) is 5.56 Å². The van der Waals surface area contributed by atoms with Gasteiger partial charge in [0.1, 0.15) is 23.1 Å². The molecule has 0 bridgehead atoms. The number of rotatable bonds is 7. The summed E-state index contributed by atoms with van der Waals surface area (Å²) < 4.78 is 19.5. The third-order valence-corrected chi connectivity index (χ3v) is 4.16. The maximum atomic E-state index is 13.7. The van der Waals surface area contributed by atoms with Gasteiger partial charge in [0.05, 0.1) is 0 Å². The summed E-state index contributed by atoms with van der Waals surface area (Å²) >= 11 is 0. The van der Waals surface area contributed by atoms with Gasteiger partial charge in [0.25, 0.3) is 0 Å². The van der Waals surface area contributed by atoms with Crippen molar-refractivity contribution in [1.82, 2.24) is 9.97 Å². The van der Waals surface area contributed by atoms with Gasteiger partial charge < -0.3 is 15.4 Å². The molecule has 2 N–H and O–H groups in total. The van der Waals surface area contributed by atoms with E-state index in [1.54, 1.807) is 30.5 Å². The maximum Gasteiger partial charge on any atom is 0.224 e. The van der Waals surface area contributed by atoms with Crippen molar-refractivity contribution in [3.63, 3.8) is 0 Å². The van der Waals surface area contributed by atoms with Crippen molar-refractivity contribution in [2.24, 2.45) is 0 Å². The summed E-state index contributed by atoms with van der Waals surface area (Å²) in [6.07, 6.45) is 1.64. The van der Waals surface area contributed by atoms with Gasteiger partial charge in [-0.2, -0.15) is 4.98 Å². The van der Waals surface area contributed by atoms with Crippen LogP contribution in [0.2, 0.25) is 0 Å². The van der Waals surface area contributed by atoms with Gasteiger partial charge in [0, 0.05) is 24.0 Å². The summed E-state index contributed by atoms with van der Waals surface area (Å²) in [6.45, 7) is 0.307. The van der Waals surface area contributed by atoms with Crippen molar-refractivity contribution in [3.8, 4) is 11.5 Å². The zero-order valence-corrected chi connectivity index (χ0v) is 15.5. The first-order valence-electron chi connectivity index (χ1n) is 9.16. The molecule has 0 saturated heterocycles. The number of aromatic nitrogens is 2. The van der Waals surface area contributed by atoms with Gasteiger partial charge >= 0.3 is 0 Å². The van der Waals surface area contributed by atoms with Gasteiger partial charge in [-0.15, -0.1) is 0 Å². The Morgan fingerprint density at radius 2 is 1.52 bits per heavy atom. The van der Waals surface area contributed by atoms with E-state index in [0.29, 0.717) is 23.9 Å². The van der Waals surface area contributed by atoms with Crippen LogP contribution in [0, 0.1) is 5.82 Å². The van der Waals surface area contributed by atoms with E-state index in [9.17, 15) is 4.39 Å². The Balaban J connectivity index is 1.38. The molecule has 0 amide bonds. The Labute approximate surface area is 168 Å². The SMILES string of the molecule is Fc1ccccc1CNc1nccc(Nc2ccc(Oc3ccccc3)cc2)n1. The van der Waals surface area contributed by atoms with E-state index >= 15 is 0 Å². The highest BCUT2D eigenvalue weighted by Gasteiger charge is 2.04. The minimum absolute atomic E-state index is 0.257. The summed E-state index contributed by atoms with van der Waals surface area (Å²) in [7, 11) is 0. The number of ether oxygens (including phenoxy) is 1. The van der Waals surface area contributed by atoms with Gasteiger partial charge in [0.2, 0.25) is 5.95 Å². The molecule has 0 atom stereocenters. The fourth-order valence-corrected chi connectivity index (χ4v) is 2.71. The lowest BCUT2D eigenvalue weighted by Crippen LogP contribution is -2.06. The molecule has 0 saturated carbocycles. The lowest BCUT2D eigenvalue weighted by Gasteiger charge is -2.10. The monoisotopic (exact) mass is 386 g/mol. The van der Waals surface area contributed by atoms with E-state index in [4.69, 9.17) is 4.74 Å². The van der Waals surface area contributed by atoms with Crippen molar-refractivity contribution in [1.29, 1.82) is 0 Å². The minimum atomic E-state index is -0.257. The zero-order valence-electron chi connectivity index (χ0n) is 15.5. The van der Waals surface area contributed by atoms with Crippen molar-refractivity contribution in [2.45, 2.75) is 6.54 Å². The third kappa shape index (κ3) is 5.07. The molecule has 0 aliphatic rings. The van der Waals surface area contributed by atoms with E-state index in [2.05, 4.69) is 20.6 Å². The lowest BCUT2D eigenvalue weighted by atomic mass is 10.2. The zero-order chi connectivity index (χ0) is 19.9. The van der Waals surface area contributed by atoms with E-state index in [1.165, 1.54) is 6.07 Å². The van der Waals surface area contributed by atoms with Crippen LogP contribution in [0.5, 0.6) is 11.5 Å². The molecular formula is C23H19FN4O. The molecule has 4 aromatic rings. The van der Waals surface area contributed by atoms with E-state index < -0.39 is 0 Å². The number of hydrogen-bond donors (Lipinski definition) is 2. The molecule has 0 aliphatic carbocycles. The highest BCUT2D eigenvalue weighted by Crippen LogP contribution is 2.24. The highest BCUT2D eigenvalue weighted by atomic mass is 19.1. The van der Waals surface area contributed by atoms with Gasteiger partial charge in [-0.3, -0.25) is 0 Å². The summed E-state index contributed by atoms with van der Waals surface area (Å²) in [5.74, 6) is 2.33. The molecule has 4 rings (SSSR count). The quantitative estimate of drug-likeness (QED) is 0.423. The van der Waals surface area contributed by atoms with Crippen LogP contribution in [0.15, 0.2) is 91.1 Å². The number of nitrogens with zero attached hydrogens (tertiary/aromatic N) is 2. The van der Waals surface area contributed by atoms with Crippen LogP contribution >= 0.6 is 0 Å². The molecule has 1 aromatic heterocycles. The predicted octanol–water partition coefficient (Wildman–Crippen LogP) is 5.76. The Morgan fingerprint density at radius 1 is 0.793 bits per heavy atom. The molecule has 29 heavy (non-hydrogen) atoms.